The van der Waals surface area contributed by atoms with Crippen molar-refractivity contribution in [3.05, 3.63) is 50.3 Å². The molecule has 0 aliphatic carbocycles. The molecular weight excluding hydrogens is 382 g/mol. The highest BCUT2D eigenvalue weighted by molar-refractivity contribution is 9.10. The average molecular weight is 400 g/mol. The van der Waals surface area contributed by atoms with Crippen molar-refractivity contribution in [3.63, 3.8) is 0 Å². The molecule has 128 valence electrons. The maximum absolute atomic E-state index is 12.1. The highest BCUT2D eigenvalue weighted by atomic mass is 79.9. The van der Waals surface area contributed by atoms with Crippen LogP contribution in [0.3, 0.4) is 0 Å². The number of hydrogen-bond donors (Lipinski definition) is 1. The van der Waals surface area contributed by atoms with Crippen LogP contribution in [0.5, 0.6) is 5.75 Å². The summed E-state index contributed by atoms with van der Waals surface area (Å²) in [6.45, 7) is 2.30. The number of aromatic amines is 1. The summed E-state index contributed by atoms with van der Waals surface area (Å²) in [7, 11) is 0. The molecule has 0 fully saturated rings. The van der Waals surface area contributed by atoms with Gasteiger partial charge in [-0.2, -0.15) is 10.5 Å². The molecule has 2 aromatic rings. The molecule has 0 amide bonds. The van der Waals surface area contributed by atoms with E-state index in [1.54, 1.807) is 13.0 Å². The molecule has 0 aliphatic heterocycles. The van der Waals surface area contributed by atoms with Crippen molar-refractivity contribution >= 4 is 15.9 Å². The minimum absolute atomic E-state index is 0.0718. The number of hydrogen-bond acceptors (Lipinski definition) is 4. The lowest BCUT2D eigenvalue weighted by molar-refractivity contribution is 0.306. The van der Waals surface area contributed by atoms with Gasteiger partial charge in [-0.15, -0.1) is 0 Å². The van der Waals surface area contributed by atoms with Gasteiger partial charge in [0.2, 0.25) is 0 Å². The number of rotatable bonds is 7. The third-order valence-corrected chi connectivity index (χ3v) is 4.20. The fraction of sp³-hybridized carbons (Fsp3) is 0.316. The molecule has 0 radical (unpaired) electrons. The Hall–Kier alpha value is -2.57. The summed E-state index contributed by atoms with van der Waals surface area (Å²) in [6.07, 6.45) is 3.18. The molecule has 1 N–H and O–H groups in total. The lowest BCUT2D eigenvalue weighted by Gasteiger charge is -2.13. The Morgan fingerprint density at radius 2 is 1.96 bits per heavy atom. The van der Waals surface area contributed by atoms with E-state index in [9.17, 15) is 10.1 Å². The van der Waals surface area contributed by atoms with Crippen LogP contribution in [0.25, 0.3) is 11.1 Å². The van der Waals surface area contributed by atoms with Crippen LogP contribution >= 0.6 is 15.9 Å². The van der Waals surface area contributed by atoms with Gasteiger partial charge in [0.05, 0.1) is 12.7 Å². The van der Waals surface area contributed by atoms with E-state index in [1.807, 2.05) is 24.3 Å². The molecule has 25 heavy (non-hydrogen) atoms. The van der Waals surface area contributed by atoms with Crippen molar-refractivity contribution in [3.8, 4) is 29.0 Å². The number of unbranched alkanes of at least 4 members (excludes halogenated alkanes) is 3. The van der Waals surface area contributed by atoms with Gasteiger partial charge >= 0.3 is 0 Å². The average Bonchev–Trinajstić information content (AvgIpc) is 2.58. The van der Waals surface area contributed by atoms with Crippen LogP contribution in [-0.2, 0) is 0 Å². The first-order valence-electron chi connectivity index (χ1n) is 8.00. The number of nitriles is 2. The molecule has 0 bridgehead atoms. The van der Waals surface area contributed by atoms with Crippen LogP contribution in [0, 0.1) is 29.6 Å². The van der Waals surface area contributed by atoms with E-state index in [-0.39, 0.29) is 5.56 Å². The second kappa shape index (κ2) is 9.05. The van der Waals surface area contributed by atoms with Crippen molar-refractivity contribution in [2.24, 2.45) is 0 Å². The molecule has 0 aliphatic rings. The van der Waals surface area contributed by atoms with Crippen molar-refractivity contribution in [1.29, 1.82) is 10.5 Å². The van der Waals surface area contributed by atoms with Gasteiger partial charge in [0.1, 0.15) is 17.4 Å². The predicted octanol–water partition coefficient (Wildman–Crippen LogP) is 4.45. The molecular formula is C19H18BrN3O2. The maximum Gasteiger partial charge on any atom is 0.266 e. The van der Waals surface area contributed by atoms with Gasteiger partial charge in [-0.3, -0.25) is 4.79 Å². The van der Waals surface area contributed by atoms with E-state index in [1.165, 1.54) is 0 Å². The normalized spacial score (nSPS) is 10.1. The van der Waals surface area contributed by atoms with Gasteiger partial charge in [-0.05, 0) is 50.5 Å². The predicted molar refractivity (Wildman–Crippen MR) is 99.2 cm³/mol. The fourth-order valence-electron chi connectivity index (χ4n) is 2.52. The van der Waals surface area contributed by atoms with Gasteiger partial charge in [-0.1, -0.05) is 15.9 Å². The van der Waals surface area contributed by atoms with E-state index in [0.717, 1.165) is 23.7 Å². The Balaban J connectivity index is 2.30. The van der Waals surface area contributed by atoms with Crippen LogP contribution in [0.4, 0.5) is 0 Å². The molecule has 5 nitrogen and oxygen atoms in total. The van der Waals surface area contributed by atoms with Crippen LogP contribution in [0.1, 0.15) is 36.9 Å². The summed E-state index contributed by atoms with van der Waals surface area (Å²) >= 11 is 3.43. The number of halogens is 1. The minimum atomic E-state index is -0.403. The quantitative estimate of drug-likeness (QED) is 0.696. The molecule has 0 saturated heterocycles. The Labute approximate surface area is 155 Å². The zero-order chi connectivity index (χ0) is 18.2. The van der Waals surface area contributed by atoms with Crippen molar-refractivity contribution in [1.82, 2.24) is 4.98 Å². The summed E-state index contributed by atoms with van der Waals surface area (Å²) in [5.41, 5.74) is 1.62. The zero-order valence-corrected chi connectivity index (χ0v) is 15.5. The number of aryl methyl sites for hydroxylation is 1. The Kier molecular flexibility index (Phi) is 6.80. The Morgan fingerprint density at radius 1 is 1.16 bits per heavy atom. The smallest absolute Gasteiger partial charge is 0.266 e. The highest BCUT2D eigenvalue weighted by Gasteiger charge is 2.15. The second-order valence-electron chi connectivity index (χ2n) is 5.64. The van der Waals surface area contributed by atoms with Crippen LogP contribution < -0.4 is 10.3 Å². The Morgan fingerprint density at radius 3 is 2.68 bits per heavy atom. The van der Waals surface area contributed by atoms with Crippen LogP contribution in [0.2, 0.25) is 0 Å². The first-order valence-corrected chi connectivity index (χ1v) is 8.80. The van der Waals surface area contributed by atoms with E-state index < -0.39 is 5.56 Å². The van der Waals surface area contributed by atoms with E-state index in [4.69, 9.17) is 10.00 Å². The van der Waals surface area contributed by atoms with E-state index >= 15 is 0 Å². The van der Waals surface area contributed by atoms with E-state index in [0.29, 0.717) is 35.6 Å². The summed E-state index contributed by atoms with van der Waals surface area (Å²) in [5.74, 6) is 0.630. The van der Waals surface area contributed by atoms with E-state index in [2.05, 4.69) is 27.0 Å². The summed E-state index contributed by atoms with van der Waals surface area (Å²) in [6, 6.07) is 11.4. The summed E-state index contributed by atoms with van der Waals surface area (Å²) < 4.78 is 6.72. The molecule has 0 spiro atoms. The number of pyridine rings is 1. The van der Waals surface area contributed by atoms with Gasteiger partial charge in [-0.25, -0.2) is 0 Å². The highest BCUT2D eigenvalue weighted by Crippen LogP contribution is 2.34. The number of H-pyrrole nitrogens is 1. The first-order chi connectivity index (χ1) is 12.1. The minimum Gasteiger partial charge on any atom is -0.493 e. The molecule has 6 heteroatoms. The Bertz CT molecular complexity index is 891. The lowest BCUT2D eigenvalue weighted by Crippen LogP contribution is -2.13. The van der Waals surface area contributed by atoms with Gasteiger partial charge < -0.3 is 9.72 Å². The fourth-order valence-corrected chi connectivity index (χ4v) is 2.88. The number of nitrogens with one attached hydrogen (secondary N) is 1. The summed E-state index contributed by atoms with van der Waals surface area (Å²) in [4.78, 5) is 14.7. The van der Waals surface area contributed by atoms with Crippen molar-refractivity contribution in [2.75, 3.05) is 6.61 Å². The number of benzene rings is 1. The lowest BCUT2D eigenvalue weighted by atomic mass is 10.00. The van der Waals surface area contributed by atoms with Crippen molar-refractivity contribution < 1.29 is 4.74 Å². The number of aromatic nitrogens is 1. The molecule has 2 rings (SSSR count). The first kappa shape index (κ1) is 18.8. The molecule has 0 saturated carbocycles. The van der Waals surface area contributed by atoms with Crippen LogP contribution in [-0.4, -0.2) is 11.6 Å². The molecule has 1 heterocycles. The topological polar surface area (TPSA) is 89.7 Å². The SMILES string of the molecule is Cc1cc(-c2cc(Br)ccc2OCCCCCC#N)c(C#N)c(=O)[nH]1. The number of ether oxygens (including phenoxy) is 1. The molecule has 1 aromatic heterocycles. The standard InChI is InChI=1S/C19H18BrN3O2/c1-13-10-15(17(12-22)19(24)23-13)16-11-14(20)6-7-18(16)25-9-5-3-2-4-8-21/h6-7,10-11H,2-5,9H2,1H3,(H,23,24). The molecule has 1 aromatic carbocycles. The van der Waals surface area contributed by atoms with Crippen LogP contribution in [0.15, 0.2) is 33.5 Å². The maximum atomic E-state index is 12.1. The molecule has 0 unspecified atom stereocenters. The summed E-state index contributed by atoms with van der Waals surface area (Å²) in [5, 5.41) is 17.9. The zero-order valence-electron chi connectivity index (χ0n) is 13.9. The third-order valence-electron chi connectivity index (χ3n) is 3.70. The van der Waals surface area contributed by atoms with Gasteiger partial charge in [0, 0.05) is 27.7 Å². The largest absolute Gasteiger partial charge is 0.493 e. The molecule has 0 atom stereocenters. The van der Waals surface area contributed by atoms with Crippen molar-refractivity contribution in [2.45, 2.75) is 32.6 Å². The van der Waals surface area contributed by atoms with Gasteiger partial charge in [0.25, 0.3) is 5.56 Å². The third kappa shape index (κ3) is 4.95. The number of nitrogens with zero attached hydrogens (tertiary/aromatic N) is 2. The second-order valence-corrected chi connectivity index (χ2v) is 6.56. The monoisotopic (exact) mass is 399 g/mol. The van der Waals surface area contributed by atoms with Gasteiger partial charge in [0.15, 0.2) is 0 Å².